The van der Waals surface area contributed by atoms with Gasteiger partial charge in [0.1, 0.15) is 0 Å². The van der Waals surface area contributed by atoms with Crippen molar-refractivity contribution in [2.24, 2.45) is 0 Å². The summed E-state index contributed by atoms with van der Waals surface area (Å²) in [5.41, 5.74) is 2.72. The minimum absolute atomic E-state index is 0.0427. The van der Waals surface area contributed by atoms with E-state index in [1.807, 2.05) is 19.9 Å². The van der Waals surface area contributed by atoms with Gasteiger partial charge in [-0.2, -0.15) is 0 Å². The van der Waals surface area contributed by atoms with Crippen molar-refractivity contribution in [3.8, 4) is 0 Å². The molecule has 21 heavy (non-hydrogen) atoms. The average molecular weight is 313 g/mol. The topological polar surface area (TPSA) is 57.5 Å². The molecule has 0 aliphatic carbocycles. The molecule has 0 saturated heterocycles. The van der Waals surface area contributed by atoms with Gasteiger partial charge in [0.15, 0.2) is 5.78 Å². The van der Waals surface area contributed by atoms with Crippen LogP contribution < -0.4 is 0 Å². The number of rotatable bonds is 9. The lowest BCUT2D eigenvalue weighted by atomic mass is 10.2. The molecule has 0 fully saturated rings. The summed E-state index contributed by atoms with van der Waals surface area (Å²) in [6.45, 7) is 7.40. The van der Waals surface area contributed by atoms with Crippen LogP contribution in [0, 0.1) is 13.8 Å². The second-order valence-electron chi connectivity index (χ2n) is 4.65. The van der Waals surface area contributed by atoms with Crippen LogP contribution in [0.15, 0.2) is 6.07 Å². The Kier molecular flexibility index (Phi) is 7.53. The van der Waals surface area contributed by atoms with Gasteiger partial charge in [-0.1, -0.05) is 0 Å². The van der Waals surface area contributed by atoms with Crippen molar-refractivity contribution >= 4 is 23.5 Å². The van der Waals surface area contributed by atoms with E-state index in [9.17, 15) is 9.59 Å². The fourth-order valence-corrected chi connectivity index (χ4v) is 2.81. The van der Waals surface area contributed by atoms with Crippen LogP contribution in [0.25, 0.3) is 0 Å². The van der Waals surface area contributed by atoms with Crippen molar-refractivity contribution in [2.45, 2.75) is 27.3 Å². The van der Waals surface area contributed by atoms with Crippen molar-refractivity contribution in [3.63, 3.8) is 0 Å². The Morgan fingerprint density at radius 2 is 2.00 bits per heavy atom. The first-order valence-electron chi connectivity index (χ1n) is 6.93. The van der Waals surface area contributed by atoms with Gasteiger partial charge in [0.2, 0.25) is 0 Å². The van der Waals surface area contributed by atoms with Gasteiger partial charge in [-0.05, 0) is 26.8 Å². The highest BCUT2D eigenvalue weighted by Gasteiger charge is 2.16. The molecule has 0 aromatic carbocycles. The maximum absolute atomic E-state index is 12.2. The highest BCUT2D eigenvalue weighted by atomic mass is 32.2. The van der Waals surface area contributed by atoms with Crippen LogP contribution in [0.2, 0.25) is 0 Å². The molecule has 0 atom stereocenters. The molecule has 118 valence electrons. The number of ether oxygens (including phenoxy) is 2. The van der Waals surface area contributed by atoms with E-state index < -0.39 is 0 Å². The van der Waals surface area contributed by atoms with E-state index in [1.54, 1.807) is 14.0 Å². The van der Waals surface area contributed by atoms with Gasteiger partial charge >= 0.3 is 5.97 Å². The Bertz CT molecular complexity index is 496. The SMILES string of the molecule is CCOC(=O)CSCC(=O)c1cc(C)n(CCOC)c1C. The molecule has 0 aliphatic rings. The molecule has 0 amide bonds. The second-order valence-corrected chi connectivity index (χ2v) is 5.64. The van der Waals surface area contributed by atoms with Crippen molar-refractivity contribution in [3.05, 3.63) is 23.0 Å². The Balaban J connectivity index is 2.60. The molecule has 0 radical (unpaired) electrons. The highest BCUT2D eigenvalue weighted by Crippen LogP contribution is 2.17. The summed E-state index contributed by atoms with van der Waals surface area (Å²) in [5, 5.41) is 0. The van der Waals surface area contributed by atoms with E-state index in [0.29, 0.717) is 13.2 Å². The minimum Gasteiger partial charge on any atom is -0.465 e. The molecule has 6 heteroatoms. The van der Waals surface area contributed by atoms with Crippen LogP contribution in [0.1, 0.15) is 28.7 Å². The largest absolute Gasteiger partial charge is 0.465 e. The van der Waals surface area contributed by atoms with Crippen molar-refractivity contribution < 1.29 is 19.1 Å². The van der Waals surface area contributed by atoms with Crippen LogP contribution in [0.4, 0.5) is 0 Å². The number of Topliss-reactive ketones (excluding diaryl/α,β-unsaturated/α-hetero) is 1. The Hall–Kier alpha value is -1.27. The maximum atomic E-state index is 12.2. The fraction of sp³-hybridized carbons (Fsp3) is 0.600. The summed E-state index contributed by atoms with van der Waals surface area (Å²) in [5.74, 6) is 0.261. The van der Waals surface area contributed by atoms with E-state index in [-0.39, 0.29) is 23.3 Å². The van der Waals surface area contributed by atoms with E-state index in [1.165, 1.54) is 11.8 Å². The van der Waals surface area contributed by atoms with Crippen molar-refractivity contribution in [1.82, 2.24) is 4.57 Å². The van der Waals surface area contributed by atoms with Crippen LogP contribution in [0.5, 0.6) is 0 Å². The van der Waals surface area contributed by atoms with Crippen LogP contribution >= 0.6 is 11.8 Å². The van der Waals surface area contributed by atoms with Crippen LogP contribution in [0.3, 0.4) is 0 Å². The molecule has 1 heterocycles. The Morgan fingerprint density at radius 3 is 2.62 bits per heavy atom. The lowest BCUT2D eigenvalue weighted by molar-refractivity contribution is -0.139. The number of hydrogen-bond acceptors (Lipinski definition) is 5. The normalized spacial score (nSPS) is 10.7. The quantitative estimate of drug-likeness (QED) is 0.517. The number of ketones is 1. The predicted molar refractivity (Wildman–Crippen MR) is 84.1 cm³/mol. The molecule has 1 aromatic rings. The fourth-order valence-electron chi connectivity index (χ4n) is 2.12. The van der Waals surface area contributed by atoms with Gasteiger partial charge in [0.05, 0.1) is 24.7 Å². The van der Waals surface area contributed by atoms with Gasteiger partial charge < -0.3 is 14.0 Å². The summed E-state index contributed by atoms with van der Waals surface area (Å²) < 4.78 is 12.0. The molecule has 0 aliphatic heterocycles. The Morgan fingerprint density at radius 1 is 1.29 bits per heavy atom. The number of nitrogens with zero attached hydrogens (tertiary/aromatic N) is 1. The standard InChI is InChI=1S/C15H23NO4S/c1-5-20-15(18)10-21-9-14(17)13-8-11(2)16(12(13)3)6-7-19-4/h8H,5-7,9-10H2,1-4H3. The third-order valence-electron chi connectivity index (χ3n) is 3.15. The van der Waals surface area contributed by atoms with E-state index in [2.05, 4.69) is 4.57 Å². The predicted octanol–water partition coefficient (Wildman–Crippen LogP) is 2.23. The summed E-state index contributed by atoms with van der Waals surface area (Å²) >= 11 is 1.29. The zero-order valence-electron chi connectivity index (χ0n) is 13.1. The first-order chi connectivity index (χ1) is 10.0. The number of carbonyl (C=O) groups excluding carboxylic acids is 2. The van der Waals surface area contributed by atoms with Crippen molar-refractivity contribution in [1.29, 1.82) is 0 Å². The molecule has 5 nitrogen and oxygen atoms in total. The summed E-state index contributed by atoms with van der Waals surface area (Å²) in [4.78, 5) is 23.5. The number of methoxy groups -OCH3 is 1. The highest BCUT2D eigenvalue weighted by molar-refractivity contribution is 8.00. The lowest BCUT2D eigenvalue weighted by Gasteiger charge is -2.08. The van der Waals surface area contributed by atoms with Gasteiger partial charge in [0, 0.05) is 30.6 Å². The number of thioether (sulfide) groups is 1. The van der Waals surface area contributed by atoms with Crippen molar-refractivity contribution in [2.75, 3.05) is 31.8 Å². The number of aromatic nitrogens is 1. The number of hydrogen-bond donors (Lipinski definition) is 0. The molecular formula is C15H23NO4S. The first kappa shape index (κ1) is 17.8. The number of esters is 1. The molecule has 0 spiro atoms. The van der Waals surface area contributed by atoms with Gasteiger partial charge in [-0.15, -0.1) is 11.8 Å². The van der Waals surface area contributed by atoms with E-state index in [0.717, 1.165) is 23.5 Å². The molecule has 1 rings (SSSR count). The third kappa shape index (κ3) is 5.21. The third-order valence-corrected chi connectivity index (χ3v) is 4.06. The minimum atomic E-state index is -0.277. The molecule has 1 aromatic heterocycles. The maximum Gasteiger partial charge on any atom is 0.315 e. The summed E-state index contributed by atoms with van der Waals surface area (Å²) in [6.07, 6.45) is 0. The van der Waals surface area contributed by atoms with Gasteiger partial charge in [-0.3, -0.25) is 9.59 Å². The lowest BCUT2D eigenvalue weighted by Crippen LogP contribution is -2.11. The molecular weight excluding hydrogens is 290 g/mol. The summed E-state index contributed by atoms with van der Waals surface area (Å²) in [6, 6.07) is 1.90. The summed E-state index contributed by atoms with van der Waals surface area (Å²) in [7, 11) is 1.66. The first-order valence-corrected chi connectivity index (χ1v) is 8.09. The average Bonchev–Trinajstić information content (AvgIpc) is 2.72. The number of carbonyl (C=O) groups is 2. The van der Waals surface area contributed by atoms with Gasteiger partial charge in [0.25, 0.3) is 0 Å². The van der Waals surface area contributed by atoms with E-state index >= 15 is 0 Å². The molecule has 0 bridgehead atoms. The molecule has 0 unspecified atom stereocenters. The van der Waals surface area contributed by atoms with Crippen LogP contribution in [-0.4, -0.2) is 48.1 Å². The van der Waals surface area contributed by atoms with Gasteiger partial charge in [-0.25, -0.2) is 0 Å². The smallest absolute Gasteiger partial charge is 0.315 e. The number of aryl methyl sites for hydroxylation is 1. The monoisotopic (exact) mass is 313 g/mol. The van der Waals surface area contributed by atoms with Crippen LogP contribution in [-0.2, 0) is 20.8 Å². The zero-order chi connectivity index (χ0) is 15.8. The zero-order valence-corrected chi connectivity index (χ0v) is 13.9. The molecule has 0 saturated carbocycles. The second kappa shape index (κ2) is 8.89. The van der Waals surface area contributed by atoms with E-state index in [4.69, 9.17) is 9.47 Å². The Labute approximate surface area is 130 Å². The molecule has 0 N–H and O–H groups in total.